The van der Waals surface area contributed by atoms with E-state index in [9.17, 15) is 19.5 Å². The van der Waals surface area contributed by atoms with E-state index in [0.29, 0.717) is 23.8 Å². The number of tetrazole rings is 1. The third-order valence-electron chi connectivity index (χ3n) is 4.69. The van der Waals surface area contributed by atoms with Crippen LogP contribution in [0.15, 0.2) is 16.9 Å². The first-order chi connectivity index (χ1) is 12.4. The Kier molecular flexibility index (Phi) is 5.23. The zero-order valence-electron chi connectivity index (χ0n) is 13.9. The highest BCUT2D eigenvalue weighted by atomic mass is 32.2. The van der Waals surface area contributed by atoms with E-state index >= 15 is 0 Å². The molecule has 2 aliphatic heterocycles. The molecule has 3 rings (SSSR count). The van der Waals surface area contributed by atoms with E-state index < -0.39 is 17.3 Å². The number of rotatable bonds is 8. The highest BCUT2D eigenvalue weighted by Gasteiger charge is 2.66. The molecule has 2 amide bonds. The number of carboxylic acids is 1. The molecule has 140 valence electrons. The van der Waals surface area contributed by atoms with Crippen LogP contribution in [0.5, 0.6) is 0 Å². The van der Waals surface area contributed by atoms with Crippen molar-refractivity contribution >= 4 is 41.3 Å². The van der Waals surface area contributed by atoms with Gasteiger partial charge in [-0.15, -0.1) is 22.0 Å². The van der Waals surface area contributed by atoms with Crippen LogP contribution in [0.2, 0.25) is 0 Å². The molecule has 0 radical (unpaired) electrons. The summed E-state index contributed by atoms with van der Waals surface area (Å²) in [5.74, 6) is -1.32. The van der Waals surface area contributed by atoms with Gasteiger partial charge in [0.1, 0.15) is 5.70 Å². The van der Waals surface area contributed by atoms with E-state index in [1.165, 1.54) is 28.4 Å². The minimum atomic E-state index is -1.12. The van der Waals surface area contributed by atoms with Crippen molar-refractivity contribution in [1.29, 1.82) is 0 Å². The molecule has 0 bridgehead atoms. The van der Waals surface area contributed by atoms with Gasteiger partial charge in [-0.1, -0.05) is 18.7 Å². The zero-order chi connectivity index (χ0) is 18.9. The van der Waals surface area contributed by atoms with Gasteiger partial charge in [0.05, 0.1) is 10.8 Å². The maximum Gasteiger partial charge on any atom is 0.352 e. The average molecular weight is 398 g/mol. The molecule has 4 N–H and O–H groups in total. The van der Waals surface area contributed by atoms with Crippen LogP contribution in [-0.4, -0.2) is 64.8 Å². The smallest absolute Gasteiger partial charge is 0.352 e. The second-order valence-corrected chi connectivity index (χ2v) is 8.24. The zero-order valence-corrected chi connectivity index (χ0v) is 15.5. The van der Waals surface area contributed by atoms with Gasteiger partial charge in [0, 0.05) is 17.4 Å². The molecule has 3 atom stereocenters. The monoisotopic (exact) mass is 398 g/mol. The number of carboxylic acid groups (broad SMARTS) is 1. The molecular formula is C14H18N6O4S2. The molecule has 0 aliphatic carbocycles. The molecule has 1 saturated heterocycles. The summed E-state index contributed by atoms with van der Waals surface area (Å²) >= 11 is 2.78. The van der Waals surface area contributed by atoms with Crippen molar-refractivity contribution in [3.63, 3.8) is 0 Å². The number of aliphatic carboxylic acids is 1. The van der Waals surface area contributed by atoms with Crippen LogP contribution in [0, 0.1) is 5.41 Å². The molecule has 10 nitrogen and oxygen atoms in total. The van der Waals surface area contributed by atoms with E-state index in [1.807, 2.05) is 6.92 Å². The Morgan fingerprint density at radius 3 is 2.96 bits per heavy atom. The van der Waals surface area contributed by atoms with Crippen molar-refractivity contribution in [1.82, 2.24) is 25.5 Å². The van der Waals surface area contributed by atoms with Crippen molar-refractivity contribution in [2.75, 3.05) is 5.75 Å². The van der Waals surface area contributed by atoms with E-state index in [0.717, 1.165) is 0 Å². The summed E-state index contributed by atoms with van der Waals surface area (Å²) in [6.07, 6.45) is 2.53. The average Bonchev–Trinajstić information content (AvgIpc) is 3.12. The summed E-state index contributed by atoms with van der Waals surface area (Å²) in [4.78, 5) is 37.2. The van der Waals surface area contributed by atoms with Crippen molar-refractivity contribution in [3.8, 4) is 0 Å². The third-order valence-corrected chi connectivity index (χ3v) is 7.32. The summed E-state index contributed by atoms with van der Waals surface area (Å²) in [5, 5.41) is 22.8. The van der Waals surface area contributed by atoms with Gasteiger partial charge in [0.15, 0.2) is 0 Å². The number of carbonyl (C=O) groups is 3. The number of aromatic amines is 1. The topological polar surface area (TPSA) is 155 Å². The number of carbonyl (C=O) groups excluding carboxylic acids is 2. The minimum Gasteiger partial charge on any atom is -0.477 e. The quantitative estimate of drug-likeness (QED) is 0.411. The maximum atomic E-state index is 13.1. The van der Waals surface area contributed by atoms with Gasteiger partial charge < -0.3 is 10.8 Å². The number of aromatic nitrogens is 4. The number of β-lactam (4-membered cyclic amide) rings is 1. The highest BCUT2D eigenvalue weighted by molar-refractivity contribution is 8.01. The lowest BCUT2D eigenvalue weighted by Gasteiger charge is -2.59. The first-order valence-corrected chi connectivity index (χ1v) is 9.91. The maximum absolute atomic E-state index is 13.1. The standard InChI is InChI=1S/C14H18N6O4S2/c1-2-14(8(3-4-9(15)21)26-13-16-18-19-17-13)11(24)20-7(10(22)23)5-6-25-12(14)20/h5,8,12H,2-4,6H2,1H3,(H2,15,21)(H,22,23)(H,16,17,18,19)/t8?,12-,14?/m0/s1. The first-order valence-electron chi connectivity index (χ1n) is 7.99. The molecule has 26 heavy (non-hydrogen) atoms. The van der Waals surface area contributed by atoms with Crippen LogP contribution >= 0.6 is 23.5 Å². The lowest BCUT2D eigenvalue weighted by atomic mass is 9.71. The van der Waals surface area contributed by atoms with Crippen LogP contribution < -0.4 is 5.73 Å². The molecule has 0 aromatic carbocycles. The van der Waals surface area contributed by atoms with Gasteiger partial charge in [-0.2, -0.15) is 5.21 Å². The Hall–Kier alpha value is -2.08. The van der Waals surface area contributed by atoms with Gasteiger partial charge >= 0.3 is 5.97 Å². The van der Waals surface area contributed by atoms with Crippen molar-refractivity contribution in [2.45, 2.75) is 42.0 Å². The molecule has 2 aliphatic rings. The molecular weight excluding hydrogens is 380 g/mol. The number of H-pyrrole nitrogens is 1. The van der Waals surface area contributed by atoms with Crippen LogP contribution in [0.3, 0.4) is 0 Å². The lowest BCUT2D eigenvalue weighted by Crippen LogP contribution is -2.71. The normalized spacial score (nSPS) is 25.9. The molecule has 0 spiro atoms. The number of nitrogens with two attached hydrogens (primary N) is 1. The predicted molar refractivity (Wildman–Crippen MR) is 93.8 cm³/mol. The molecule has 1 aromatic rings. The fourth-order valence-electron chi connectivity index (χ4n) is 3.44. The fourth-order valence-corrected chi connectivity index (χ4v) is 6.33. The first kappa shape index (κ1) is 18.7. The van der Waals surface area contributed by atoms with Crippen molar-refractivity contribution < 1.29 is 19.5 Å². The number of amides is 2. The molecule has 12 heteroatoms. The number of hydrogen-bond donors (Lipinski definition) is 3. The lowest BCUT2D eigenvalue weighted by molar-refractivity contribution is -0.164. The largest absolute Gasteiger partial charge is 0.477 e. The van der Waals surface area contributed by atoms with E-state index in [4.69, 9.17) is 5.73 Å². The van der Waals surface area contributed by atoms with Gasteiger partial charge in [-0.3, -0.25) is 14.5 Å². The molecule has 2 unspecified atom stereocenters. The Labute approximate surface area is 157 Å². The number of primary amides is 1. The van der Waals surface area contributed by atoms with Crippen LogP contribution in [0.4, 0.5) is 0 Å². The number of nitrogens with zero attached hydrogens (tertiary/aromatic N) is 4. The number of nitrogens with one attached hydrogen (secondary N) is 1. The SMILES string of the molecule is CCC1(C(CCC(N)=O)Sc2nn[nH]n2)C(=O)N2C(C(=O)O)=CCS[C@H]21. The van der Waals surface area contributed by atoms with E-state index in [-0.39, 0.29) is 28.6 Å². The Bertz CT molecular complexity index is 755. The van der Waals surface area contributed by atoms with Crippen LogP contribution in [0.25, 0.3) is 0 Å². The Balaban J connectivity index is 1.92. The number of thioether (sulfide) groups is 2. The van der Waals surface area contributed by atoms with Gasteiger partial charge in [0.2, 0.25) is 17.0 Å². The van der Waals surface area contributed by atoms with Crippen LogP contribution in [-0.2, 0) is 14.4 Å². The van der Waals surface area contributed by atoms with E-state index in [1.54, 1.807) is 6.08 Å². The molecule has 3 heterocycles. The van der Waals surface area contributed by atoms with Gasteiger partial charge in [-0.05, 0) is 24.1 Å². The second kappa shape index (κ2) is 7.27. The third kappa shape index (κ3) is 2.96. The van der Waals surface area contributed by atoms with Gasteiger partial charge in [-0.25, -0.2) is 4.79 Å². The van der Waals surface area contributed by atoms with E-state index in [2.05, 4.69) is 20.6 Å². The Morgan fingerprint density at radius 1 is 1.62 bits per heavy atom. The molecule has 1 aromatic heterocycles. The van der Waals surface area contributed by atoms with Gasteiger partial charge in [0.25, 0.3) is 0 Å². The summed E-state index contributed by atoms with van der Waals surface area (Å²) in [6.45, 7) is 1.89. The van der Waals surface area contributed by atoms with Crippen molar-refractivity contribution in [3.05, 3.63) is 11.8 Å². The molecule has 0 saturated carbocycles. The summed E-state index contributed by atoms with van der Waals surface area (Å²) in [7, 11) is 0. The second-order valence-electron chi connectivity index (χ2n) is 5.96. The fraction of sp³-hybridized carbons (Fsp3) is 0.571. The summed E-state index contributed by atoms with van der Waals surface area (Å²) in [6, 6.07) is 0. The number of hydrogen-bond acceptors (Lipinski definition) is 8. The summed E-state index contributed by atoms with van der Waals surface area (Å²) < 4.78 is 0. The van der Waals surface area contributed by atoms with Crippen molar-refractivity contribution in [2.24, 2.45) is 11.1 Å². The minimum absolute atomic E-state index is 0.0148. The highest BCUT2D eigenvalue weighted by Crippen LogP contribution is 2.57. The summed E-state index contributed by atoms with van der Waals surface area (Å²) in [5.41, 5.74) is 4.50. The molecule has 1 fully saturated rings. The predicted octanol–water partition coefficient (Wildman–Crippen LogP) is 0.206. The van der Waals surface area contributed by atoms with Crippen LogP contribution in [0.1, 0.15) is 26.2 Å². The number of fused-ring (bicyclic) bond motifs is 1. The Morgan fingerprint density at radius 2 is 2.38 bits per heavy atom.